The number of likely N-dealkylation sites (tertiary alicyclic amines) is 1. The molecule has 0 aromatic rings. The van der Waals surface area contributed by atoms with Gasteiger partial charge in [0.15, 0.2) is 0 Å². The fourth-order valence-electron chi connectivity index (χ4n) is 3.25. The van der Waals surface area contributed by atoms with Crippen molar-refractivity contribution in [3.63, 3.8) is 0 Å². The van der Waals surface area contributed by atoms with Gasteiger partial charge in [-0.2, -0.15) is 0 Å². The Kier molecular flexibility index (Phi) is 4.64. The molecule has 2 saturated heterocycles. The van der Waals surface area contributed by atoms with E-state index in [-0.39, 0.29) is 13.1 Å². The largest absolute Gasteiger partial charge is 0.480 e. The number of nitrogens with zero attached hydrogens (tertiary/aromatic N) is 2. The first-order chi connectivity index (χ1) is 8.59. The molecule has 0 aromatic carbocycles. The van der Waals surface area contributed by atoms with Crippen LogP contribution in [0.15, 0.2) is 0 Å². The van der Waals surface area contributed by atoms with Gasteiger partial charge in [0.05, 0.1) is 0 Å². The second kappa shape index (κ2) is 6.04. The molecular formula is C12H23BN2O3. The highest BCUT2D eigenvalue weighted by Gasteiger charge is 2.35. The first-order valence-electron chi connectivity index (χ1n) is 7.00. The summed E-state index contributed by atoms with van der Waals surface area (Å²) < 4.78 is 0. The van der Waals surface area contributed by atoms with Crippen LogP contribution in [0.3, 0.4) is 0 Å². The molecule has 2 heterocycles. The lowest BCUT2D eigenvalue weighted by Gasteiger charge is -2.43. The van der Waals surface area contributed by atoms with Crippen LogP contribution in [-0.4, -0.2) is 64.6 Å². The van der Waals surface area contributed by atoms with E-state index in [1.54, 1.807) is 6.82 Å². The van der Waals surface area contributed by atoms with Crippen LogP contribution < -0.4 is 0 Å². The van der Waals surface area contributed by atoms with E-state index in [0.717, 1.165) is 51.7 Å². The number of hydrogen-bond donors (Lipinski definition) is 2. The van der Waals surface area contributed by atoms with E-state index < -0.39 is 5.97 Å². The minimum atomic E-state index is -0.673. The molecule has 6 heteroatoms. The van der Waals surface area contributed by atoms with Gasteiger partial charge in [-0.05, 0) is 52.1 Å². The molecule has 5 nitrogen and oxygen atoms in total. The lowest BCUT2D eigenvalue weighted by molar-refractivity contribution is -0.146. The molecule has 0 bridgehead atoms. The summed E-state index contributed by atoms with van der Waals surface area (Å²) in [5.41, 5.74) is 0. The zero-order chi connectivity index (χ0) is 13.1. The molecule has 0 radical (unpaired) electrons. The quantitative estimate of drug-likeness (QED) is 0.718. The van der Waals surface area contributed by atoms with Gasteiger partial charge >= 0.3 is 13.0 Å². The van der Waals surface area contributed by atoms with Crippen LogP contribution in [0.5, 0.6) is 0 Å². The summed E-state index contributed by atoms with van der Waals surface area (Å²) in [6.45, 7) is 4.44. The molecule has 2 aliphatic rings. The number of carboxylic acid groups (broad SMARTS) is 1. The normalized spacial score (nSPS) is 28.2. The first-order valence-corrected chi connectivity index (χ1v) is 7.00. The number of piperidine rings is 2. The van der Waals surface area contributed by atoms with Crippen molar-refractivity contribution in [1.82, 2.24) is 9.71 Å². The molecule has 0 spiro atoms. The minimum absolute atomic E-state index is 0.290. The summed E-state index contributed by atoms with van der Waals surface area (Å²) in [4.78, 5) is 15.5. The Morgan fingerprint density at radius 3 is 2.39 bits per heavy atom. The second-order valence-electron chi connectivity index (χ2n) is 5.49. The van der Waals surface area contributed by atoms with Crippen LogP contribution in [-0.2, 0) is 4.79 Å². The number of rotatable bonds is 3. The minimum Gasteiger partial charge on any atom is -0.480 e. The first kappa shape index (κ1) is 13.8. The molecule has 1 atom stereocenters. The van der Waals surface area contributed by atoms with Crippen LogP contribution in [0.25, 0.3) is 0 Å². The van der Waals surface area contributed by atoms with Crippen molar-refractivity contribution in [3.05, 3.63) is 0 Å². The molecule has 2 rings (SSSR count). The molecule has 0 unspecified atom stereocenters. The van der Waals surface area contributed by atoms with E-state index in [9.17, 15) is 14.9 Å². The third kappa shape index (κ3) is 3.05. The SMILES string of the molecule is CB(O)N1CCC(N2CCCC[C@@H]2C(=O)O)CC1. The van der Waals surface area contributed by atoms with E-state index in [1.807, 2.05) is 0 Å². The van der Waals surface area contributed by atoms with Gasteiger partial charge in [0.1, 0.15) is 6.04 Å². The Labute approximate surface area is 109 Å². The van der Waals surface area contributed by atoms with Crippen molar-refractivity contribution < 1.29 is 14.9 Å². The Bertz CT molecular complexity index is 293. The van der Waals surface area contributed by atoms with Crippen LogP contribution in [0.4, 0.5) is 0 Å². The van der Waals surface area contributed by atoms with Gasteiger partial charge in [-0.1, -0.05) is 6.42 Å². The van der Waals surface area contributed by atoms with Gasteiger partial charge in [-0.3, -0.25) is 9.69 Å². The van der Waals surface area contributed by atoms with E-state index in [1.165, 1.54) is 0 Å². The average Bonchev–Trinajstić information content (AvgIpc) is 2.39. The van der Waals surface area contributed by atoms with Gasteiger partial charge in [0, 0.05) is 6.04 Å². The van der Waals surface area contributed by atoms with Crippen molar-refractivity contribution in [2.75, 3.05) is 19.6 Å². The van der Waals surface area contributed by atoms with Crippen LogP contribution in [0.2, 0.25) is 6.82 Å². The van der Waals surface area contributed by atoms with Crippen LogP contribution in [0.1, 0.15) is 32.1 Å². The lowest BCUT2D eigenvalue weighted by atomic mass is 9.81. The van der Waals surface area contributed by atoms with E-state index in [4.69, 9.17) is 0 Å². The third-order valence-corrected chi connectivity index (χ3v) is 4.33. The zero-order valence-corrected chi connectivity index (χ0v) is 11.1. The van der Waals surface area contributed by atoms with Crippen molar-refractivity contribution in [1.29, 1.82) is 0 Å². The monoisotopic (exact) mass is 254 g/mol. The molecular weight excluding hydrogens is 231 g/mol. The maximum absolute atomic E-state index is 11.3. The Balaban J connectivity index is 1.93. The molecule has 2 aliphatic heterocycles. The molecule has 0 saturated carbocycles. The Morgan fingerprint density at radius 1 is 1.17 bits per heavy atom. The number of carboxylic acids is 1. The number of hydrogen-bond acceptors (Lipinski definition) is 4. The summed E-state index contributed by atoms with van der Waals surface area (Å²) in [6, 6.07) is 0.0863. The second-order valence-corrected chi connectivity index (χ2v) is 5.49. The Hall–Kier alpha value is -0.585. The van der Waals surface area contributed by atoms with E-state index in [2.05, 4.69) is 9.71 Å². The highest BCUT2D eigenvalue weighted by molar-refractivity contribution is 6.45. The summed E-state index contributed by atoms with van der Waals surface area (Å²) in [6.07, 6.45) is 4.86. The predicted octanol–water partition coefficient (Wildman–Crippen LogP) is 0.500. The summed E-state index contributed by atoms with van der Waals surface area (Å²) >= 11 is 0. The molecule has 2 N–H and O–H groups in total. The average molecular weight is 254 g/mol. The topological polar surface area (TPSA) is 64.0 Å². The Morgan fingerprint density at radius 2 is 1.83 bits per heavy atom. The van der Waals surface area contributed by atoms with Gasteiger partial charge < -0.3 is 14.9 Å². The van der Waals surface area contributed by atoms with E-state index in [0.29, 0.717) is 6.04 Å². The molecule has 2 fully saturated rings. The fourth-order valence-corrected chi connectivity index (χ4v) is 3.25. The van der Waals surface area contributed by atoms with Crippen LogP contribution >= 0.6 is 0 Å². The van der Waals surface area contributed by atoms with Crippen molar-refractivity contribution >= 4 is 13.0 Å². The maximum Gasteiger partial charge on any atom is 0.376 e. The molecule has 102 valence electrons. The van der Waals surface area contributed by atoms with Gasteiger partial charge in [-0.15, -0.1) is 0 Å². The molecule has 0 amide bonds. The van der Waals surface area contributed by atoms with Crippen molar-refractivity contribution in [2.24, 2.45) is 0 Å². The highest BCUT2D eigenvalue weighted by Crippen LogP contribution is 2.25. The lowest BCUT2D eigenvalue weighted by Crippen LogP contribution is -2.55. The van der Waals surface area contributed by atoms with Crippen molar-refractivity contribution in [2.45, 2.75) is 51.0 Å². The smallest absolute Gasteiger partial charge is 0.376 e. The van der Waals surface area contributed by atoms with Gasteiger partial charge in [0.25, 0.3) is 0 Å². The van der Waals surface area contributed by atoms with Crippen molar-refractivity contribution in [3.8, 4) is 0 Å². The third-order valence-electron chi connectivity index (χ3n) is 4.33. The van der Waals surface area contributed by atoms with Gasteiger partial charge in [0.2, 0.25) is 0 Å². The maximum atomic E-state index is 11.3. The van der Waals surface area contributed by atoms with E-state index >= 15 is 0 Å². The number of aliphatic carboxylic acids is 1. The number of carbonyl (C=O) groups is 1. The summed E-state index contributed by atoms with van der Waals surface area (Å²) in [7, 11) is -0.387. The zero-order valence-electron chi connectivity index (χ0n) is 11.1. The predicted molar refractivity (Wildman–Crippen MR) is 70.4 cm³/mol. The summed E-state index contributed by atoms with van der Waals surface area (Å²) in [5, 5.41) is 18.8. The molecule has 18 heavy (non-hydrogen) atoms. The van der Waals surface area contributed by atoms with Crippen LogP contribution in [0, 0.1) is 0 Å². The standard InChI is InChI=1S/C12H23BN2O3/c1-13(18)14-8-5-10(6-9-14)15-7-3-2-4-11(15)12(16)17/h10-11,18H,2-9H2,1H3,(H,16,17)/t11-/m1/s1. The summed E-state index contributed by atoms with van der Waals surface area (Å²) in [5.74, 6) is -0.673. The molecule has 0 aromatic heterocycles. The van der Waals surface area contributed by atoms with Gasteiger partial charge in [-0.25, -0.2) is 0 Å². The molecule has 0 aliphatic carbocycles. The fraction of sp³-hybridized carbons (Fsp3) is 0.917. The highest BCUT2D eigenvalue weighted by atomic mass is 16.4.